The third kappa shape index (κ3) is 8.51. The number of piperazine rings is 1. The number of morpholine rings is 1. The highest BCUT2D eigenvalue weighted by Gasteiger charge is 2.36. The van der Waals surface area contributed by atoms with Gasteiger partial charge in [-0.1, -0.05) is 0 Å². The van der Waals surface area contributed by atoms with Gasteiger partial charge in [0.2, 0.25) is 5.91 Å². The fraction of sp³-hybridized carbons (Fsp3) is 0.483. The van der Waals surface area contributed by atoms with Crippen molar-refractivity contribution in [3.8, 4) is 11.4 Å². The van der Waals surface area contributed by atoms with Crippen LogP contribution >= 0.6 is 0 Å². The predicted octanol–water partition coefficient (Wildman–Crippen LogP) is 1.90. The van der Waals surface area contributed by atoms with E-state index in [1.807, 2.05) is 15.9 Å². The zero-order valence-electron chi connectivity index (χ0n) is 25.5. The van der Waals surface area contributed by atoms with Gasteiger partial charge in [-0.2, -0.15) is 13.2 Å². The molecule has 5 rings (SSSR count). The number of hydrogen-bond acceptors (Lipinski definition) is 11. The molecule has 0 spiro atoms. The van der Waals surface area contributed by atoms with Crippen LogP contribution in [0.4, 0.5) is 34.0 Å². The average molecular weight is 666 g/mol. The predicted molar refractivity (Wildman–Crippen MR) is 161 cm³/mol. The third-order valence-electron chi connectivity index (χ3n) is 7.73. The van der Waals surface area contributed by atoms with Crippen LogP contribution in [0.5, 0.6) is 0 Å². The van der Waals surface area contributed by atoms with Crippen LogP contribution in [0.2, 0.25) is 0 Å². The van der Waals surface area contributed by atoms with Gasteiger partial charge in [-0.25, -0.2) is 23.7 Å². The second kappa shape index (κ2) is 15.0. The number of nitrogens with zero attached hydrogens (tertiary/aromatic N) is 7. The molecule has 1 unspecified atom stereocenters. The maximum absolute atomic E-state index is 14.2. The first-order chi connectivity index (χ1) is 22.5. The molecule has 0 bridgehead atoms. The number of amides is 2. The number of allylic oxidation sites excluding steroid dienone is 1. The fourth-order valence-corrected chi connectivity index (χ4v) is 5.35. The molecule has 47 heavy (non-hydrogen) atoms. The van der Waals surface area contributed by atoms with Crippen LogP contribution in [0.1, 0.15) is 11.1 Å². The zero-order chi connectivity index (χ0) is 33.6. The molecule has 2 aliphatic rings. The first-order valence-electron chi connectivity index (χ1n) is 14.8. The number of alkyl halides is 4. The Kier molecular flexibility index (Phi) is 10.8. The van der Waals surface area contributed by atoms with Gasteiger partial charge in [0.25, 0.3) is 0 Å². The number of ether oxygens (including phenoxy) is 2. The summed E-state index contributed by atoms with van der Waals surface area (Å²) in [6, 6.07) is 2.62. The van der Waals surface area contributed by atoms with Crippen LogP contribution in [0.3, 0.4) is 0 Å². The Bertz CT molecular complexity index is 1590. The van der Waals surface area contributed by atoms with Crippen molar-refractivity contribution in [2.75, 3.05) is 83.0 Å². The van der Waals surface area contributed by atoms with Gasteiger partial charge >= 0.3 is 12.3 Å². The summed E-state index contributed by atoms with van der Waals surface area (Å²) in [6.45, 7) is 3.86. The smallest absolute Gasteiger partial charge is 0.417 e. The number of anilines is 2. The zero-order valence-corrected chi connectivity index (χ0v) is 25.5. The lowest BCUT2D eigenvalue weighted by Crippen LogP contribution is -2.52. The van der Waals surface area contributed by atoms with Gasteiger partial charge in [-0.3, -0.25) is 19.9 Å². The molecule has 1 atom stereocenters. The lowest BCUT2D eigenvalue weighted by atomic mass is 10.1. The number of hydrogen-bond donors (Lipinski definition) is 3. The highest BCUT2D eigenvalue weighted by molar-refractivity contribution is 5.87. The Balaban J connectivity index is 1.37. The van der Waals surface area contributed by atoms with E-state index in [-0.39, 0.29) is 23.8 Å². The quantitative estimate of drug-likeness (QED) is 0.215. The van der Waals surface area contributed by atoms with Crippen molar-refractivity contribution in [3.63, 3.8) is 0 Å². The number of aliphatic hydroxyl groups excluding tert-OH is 1. The van der Waals surface area contributed by atoms with Crippen molar-refractivity contribution in [1.29, 1.82) is 0 Å². The highest BCUT2D eigenvalue weighted by atomic mass is 19.4. The highest BCUT2D eigenvalue weighted by Crippen LogP contribution is 2.38. The first-order valence-corrected chi connectivity index (χ1v) is 14.8. The van der Waals surface area contributed by atoms with E-state index in [4.69, 9.17) is 4.74 Å². The molecule has 2 aliphatic heterocycles. The van der Waals surface area contributed by atoms with Crippen LogP contribution < -0.4 is 15.5 Å². The monoisotopic (exact) mass is 665 g/mol. The Morgan fingerprint density at radius 2 is 1.89 bits per heavy atom. The second-order valence-corrected chi connectivity index (χ2v) is 10.9. The summed E-state index contributed by atoms with van der Waals surface area (Å²) in [5.41, 5.74) is 0.0414. The van der Waals surface area contributed by atoms with E-state index < -0.39 is 36.6 Å². The fourth-order valence-electron chi connectivity index (χ4n) is 5.35. The van der Waals surface area contributed by atoms with E-state index in [2.05, 4.69) is 35.3 Å². The van der Waals surface area contributed by atoms with Gasteiger partial charge in [0.05, 0.1) is 38.0 Å². The number of fused-ring (bicyclic) bond motifs is 1. The van der Waals surface area contributed by atoms with E-state index in [0.29, 0.717) is 76.4 Å². The number of methoxy groups -OCH3 is 1. The van der Waals surface area contributed by atoms with Crippen molar-refractivity contribution in [1.82, 2.24) is 34.7 Å². The third-order valence-corrected chi connectivity index (χ3v) is 7.73. The summed E-state index contributed by atoms with van der Waals surface area (Å²) in [6.07, 6.45) is -1.78. The summed E-state index contributed by atoms with van der Waals surface area (Å²) in [7, 11) is 1.09. The molecular formula is C29H35F4N9O5. The molecule has 2 amide bonds. The number of carbonyl (C=O) groups excluding carboxylic acids is 2. The van der Waals surface area contributed by atoms with Crippen molar-refractivity contribution >= 4 is 29.2 Å². The van der Waals surface area contributed by atoms with Crippen LogP contribution in [-0.4, -0.2) is 126 Å². The van der Waals surface area contributed by atoms with E-state index in [1.165, 1.54) is 4.52 Å². The SMILES string of the molecule is COC(=O)Nc1cc(C(F)(F)F)c(-c2nc(N3CCOCC3)c3cc(CN4CCN(C(O)CNC(=O)/C=C/CF)CC4)cn3n2)cn1. The Morgan fingerprint density at radius 1 is 1.15 bits per heavy atom. The molecule has 2 fully saturated rings. The number of pyridine rings is 1. The molecule has 0 radical (unpaired) electrons. The summed E-state index contributed by atoms with van der Waals surface area (Å²) >= 11 is 0. The van der Waals surface area contributed by atoms with E-state index in [9.17, 15) is 32.3 Å². The Morgan fingerprint density at radius 3 is 2.57 bits per heavy atom. The van der Waals surface area contributed by atoms with Gasteiger partial charge in [0.15, 0.2) is 11.6 Å². The topological polar surface area (TPSA) is 150 Å². The molecule has 0 aliphatic carbocycles. The Hall–Kier alpha value is -4.39. The molecule has 5 heterocycles. The standard InChI is InChI=1S/C29H35F4N9O5/c1-46-28(45)36-23-14-21(29(31,32)33)20(15-34-23)26-37-27(41-9-11-47-12-10-41)22-13-19(18-42(22)38-26)17-39-5-7-40(8-6-39)25(44)16-35-24(43)3-2-4-30/h2-3,13-15,18,25,44H,4-12,16-17H2,1H3,(H,35,43)(H,34,36,45)/b3-2+. The molecular weight excluding hydrogens is 630 g/mol. The molecule has 0 saturated carbocycles. The summed E-state index contributed by atoms with van der Waals surface area (Å²) in [5.74, 6) is -0.567. The number of halogens is 4. The molecule has 254 valence electrons. The van der Waals surface area contributed by atoms with Gasteiger partial charge in [0.1, 0.15) is 24.2 Å². The molecule has 3 aromatic heterocycles. The molecule has 0 aromatic carbocycles. The molecule has 14 nitrogen and oxygen atoms in total. The largest absolute Gasteiger partial charge is 0.453 e. The normalized spacial score (nSPS) is 17.3. The van der Waals surface area contributed by atoms with Gasteiger partial charge in [-0.15, -0.1) is 5.10 Å². The van der Waals surface area contributed by atoms with Crippen LogP contribution in [0.15, 0.2) is 36.7 Å². The van der Waals surface area contributed by atoms with E-state index in [0.717, 1.165) is 31.0 Å². The summed E-state index contributed by atoms with van der Waals surface area (Å²) < 4.78 is 66.4. The Labute approximate surface area is 266 Å². The van der Waals surface area contributed by atoms with Crippen molar-refractivity contribution < 1.29 is 41.7 Å². The van der Waals surface area contributed by atoms with Gasteiger partial charge in [0, 0.05) is 64.3 Å². The van der Waals surface area contributed by atoms with E-state index in [1.54, 1.807) is 6.20 Å². The molecule has 3 aromatic rings. The minimum Gasteiger partial charge on any atom is -0.453 e. The second-order valence-electron chi connectivity index (χ2n) is 10.9. The number of rotatable bonds is 10. The molecule has 3 N–H and O–H groups in total. The minimum absolute atomic E-state index is 0.00174. The number of aromatic nitrogens is 4. The van der Waals surface area contributed by atoms with E-state index >= 15 is 0 Å². The van der Waals surface area contributed by atoms with Crippen LogP contribution in [0, 0.1) is 0 Å². The van der Waals surface area contributed by atoms with Crippen molar-refractivity contribution in [3.05, 3.63) is 47.8 Å². The molecule has 2 saturated heterocycles. The molecule has 18 heteroatoms. The summed E-state index contributed by atoms with van der Waals surface area (Å²) in [4.78, 5) is 37.8. The maximum Gasteiger partial charge on any atom is 0.417 e. The number of carbonyl (C=O) groups is 2. The lowest BCUT2D eigenvalue weighted by molar-refractivity contribution is -0.137. The maximum atomic E-state index is 14.2. The van der Waals surface area contributed by atoms with Crippen molar-refractivity contribution in [2.24, 2.45) is 0 Å². The van der Waals surface area contributed by atoms with Gasteiger partial charge in [-0.05, 0) is 23.8 Å². The lowest BCUT2D eigenvalue weighted by Gasteiger charge is -2.37. The minimum atomic E-state index is -4.81. The first kappa shape index (κ1) is 34.0. The number of aliphatic hydroxyl groups is 1. The number of nitrogens with one attached hydrogen (secondary N) is 2. The average Bonchev–Trinajstić information content (AvgIpc) is 3.48. The van der Waals surface area contributed by atoms with Gasteiger partial charge < -0.3 is 24.8 Å². The summed E-state index contributed by atoms with van der Waals surface area (Å²) in [5, 5.41) is 19.6. The van der Waals surface area contributed by atoms with Crippen LogP contribution in [-0.2, 0) is 27.0 Å². The van der Waals surface area contributed by atoms with Crippen molar-refractivity contribution in [2.45, 2.75) is 18.9 Å². The van der Waals surface area contributed by atoms with Crippen LogP contribution in [0.25, 0.3) is 16.9 Å².